The molecule has 1 aliphatic heterocycles. The number of urea groups is 1. The van der Waals surface area contributed by atoms with Gasteiger partial charge in [-0.3, -0.25) is 4.79 Å². The first-order valence-electron chi connectivity index (χ1n) is 8.49. The van der Waals surface area contributed by atoms with Gasteiger partial charge in [0.15, 0.2) is 0 Å². The zero-order valence-electron chi connectivity index (χ0n) is 14.4. The molecule has 0 aromatic rings. The minimum atomic E-state index is -0.507. The molecule has 0 spiro atoms. The highest BCUT2D eigenvalue weighted by molar-refractivity contribution is 5.86. The third-order valence-corrected chi connectivity index (χ3v) is 3.84. The molecule has 1 unspecified atom stereocenters. The number of carbonyl (C=O) groups excluding carboxylic acids is 2. The van der Waals surface area contributed by atoms with Crippen LogP contribution in [0.25, 0.3) is 0 Å². The second-order valence-corrected chi connectivity index (χ2v) is 6.60. The van der Waals surface area contributed by atoms with Crippen molar-refractivity contribution in [3.05, 3.63) is 0 Å². The lowest BCUT2D eigenvalue weighted by atomic mass is 10.0. The van der Waals surface area contributed by atoms with Crippen molar-refractivity contribution in [2.75, 3.05) is 26.2 Å². The summed E-state index contributed by atoms with van der Waals surface area (Å²) in [5.41, 5.74) is 0. The smallest absolute Gasteiger partial charge is 0.315 e. The summed E-state index contributed by atoms with van der Waals surface area (Å²) in [5, 5.41) is 8.46. The van der Waals surface area contributed by atoms with Crippen LogP contribution in [0.15, 0.2) is 0 Å². The number of piperidine rings is 1. The van der Waals surface area contributed by atoms with Crippen LogP contribution < -0.4 is 16.0 Å². The summed E-state index contributed by atoms with van der Waals surface area (Å²) in [7, 11) is 0. The van der Waals surface area contributed by atoms with E-state index in [9.17, 15) is 9.59 Å². The van der Waals surface area contributed by atoms with Crippen LogP contribution in [-0.2, 0) is 4.79 Å². The first kappa shape index (κ1) is 18.7. The molecule has 0 radical (unpaired) electrons. The molecule has 0 saturated carbocycles. The predicted octanol–water partition coefficient (Wildman–Crippen LogP) is 1.32. The zero-order chi connectivity index (χ0) is 16.5. The van der Waals surface area contributed by atoms with Crippen molar-refractivity contribution in [2.45, 2.75) is 59.0 Å². The quantitative estimate of drug-likeness (QED) is 0.664. The minimum absolute atomic E-state index is 0.135. The molecule has 6 nitrogen and oxygen atoms in total. The highest BCUT2D eigenvalue weighted by Crippen LogP contribution is 2.11. The Morgan fingerprint density at radius 3 is 2.36 bits per heavy atom. The fraction of sp³-hybridized carbons (Fsp3) is 0.875. The molecule has 1 heterocycles. The van der Waals surface area contributed by atoms with Crippen LogP contribution in [0.2, 0.25) is 0 Å². The van der Waals surface area contributed by atoms with Gasteiger partial charge in [0.1, 0.15) is 6.04 Å². The van der Waals surface area contributed by atoms with E-state index < -0.39 is 6.04 Å². The van der Waals surface area contributed by atoms with Gasteiger partial charge in [-0.2, -0.15) is 0 Å². The van der Waals surface area contributed by atoms with Gasteiger partial charge in [-0.25, -0.2) is 4.79 Å². The summed E-state index contributed by atoms with van der Waals surface area (Å²) < 4.78 is 0. The molecular formula is C16H32N4O2. The van der Waals surface area contributed by atoms with Crippen molar-refractivity contribution in [3.8, 4) is 0 Å². The van der Waals surface area contributed by atoms with Gasteiger partial charge < -0.3 is 20.9 Å². The summed E-state index contributed by atoms with van der Waals surface area (Å²) in [6, 6.07) is -0.552. The second kappa shape index (κ2) is 9.66. The van der Waals surface area contributed by atoms with E-state index in [0.717, 1.165) is 38.9 Å². The Labute approximate surface area is 134 Å². The molecule has 6 heteroatoms. The Morgan fingerprint density at radius 2 is 1.82 bits per heavy atom. The fourth-order valence-corrected chi connectivity index (χ4v) is 2.67. The van der Waals surface area contributed by atoms with Crippen LogP contribution in [0.4, 0.5) is 4.79 Å². The monoisotopic (exact) mass is 312 g/mol. The van der Waals surface area contributed by atoms with Gasteiger partial charge >= 0.3 is 6.03 Å². The van der Waals surface area contributed by atoms with Gasteiger partial charge in [0.2, 0.25) is 5.91 Å². The lowest BCUT2D eigenvalue weighted by Crippen LogP contribution is -2.52. The number of hydrogen-bond acceptors (Lipinski definition) is 3. The summed E-state index contributed by atoms with van der Waals surface area (Å²) in [4.78, 5) is 26.1. The number of nitrogens with one attached hydrogen (secondary N) is 3. The number of carbonyl (C=O) groups is 2. The third-order valence-electron chi connectivity index (χ3n) is 3.84. The maximum atomic E-state index is 11.9. The zero-order valence-corrected chi connectivity index (χ0v) is 14.4. The Hall–Kier alpha value is -1.30. The number of rotatable bonds is 7. The van der Waals surface area contributed by atoms with Crippen LogP contribution in [0.1, 0.15) is 47.0 Å². The molecule has 0 aliphatic carbocycles. The van der Waals surface area contributed by atoms with E-state index in [2.05, 4.69) is 34.7 Å². The average Bonchev–Trinajstić information content (AvgIpc) is 2.46. The average molecular weight is 312 g/mol. The normalized spacial score (nSPS) is 18.0. The Morgan fingerprint density at radius 1 is 1.18 bits per heavy atom. The van der Waals surface area contributed by atoms with Gasteiger partial charge in [-0.05, 0) is 32.1 Å². The van der Waals surface area contributed by atoms with Crippen molar-refractivity contribution >= 4 is 11.9 Å². The standard InChI is InChI=1S/C16H32N4O2/c1-5-8-17-15(21)13(4)18-16(22)19-14-6-9-20(10-7-14)11-12(2)3/h12-14H,5-11H2,1-4H3,(H,17,21)(H2,18,19,22). The third kappa shape index (κ3) is 7.11. The van der Waals surface area contributed by atoms with Gasteiger partial charge in [0.05, 0.1) is 0 Å². The Balaban J connectivity index is 2.24. The highest BCUT2D eigenvalue weighted by atomic mass is 16.2. The van der Waals surface area contributed by atoms with Crippen LogP contribution in [-0.4, -0.2) is 55.1 Å². The van der Waals surface area contributed by atoms with Crippen LogP contribution in [0.3, 0.4) is 0 Å². The number of amides is 3. The summed E-state index contributed by atoms with van der Waals surface area (Å²) in [6.07, 6.45) is 2.83. The van der Waals surface area contributed by atoms with Crippen molar-refractivity contribution in [2.24, 2.45) is 5.92 Å². The maximum Gasteiger partial charge on any atom is 0.315 e. The van der Waals surface area contributed by atoms with Gasteiger partial charge in [-0.15, -0.1) is 0 Å². The van der Waals surface area contributed by atoms with Crippen molar-refractivity contribution in [1.82, 2.24) is 20.9 Å². The van der Waals surface area contributed by atoms with E-state index in [1.165, 1.54) is 0 Å². The molecule has 0 aromatic carbocycles. The van der Waals surface area contributed by atoms with Crippen molar-refractivity contribution in [3.63, 3.8) is 0 Å². The molecule has 128 valence electrons. The largest absolute Gasteiger partial charge is 0.354 e. The van der Waals surface area contributed by atoms with E-state index in [-0.39, 0.29) is 18.0 Å². The SMILES string of the molecule is CCCNC(=O)C(C)NC(=O)NC1CCN(CC(C)C)CC1. The lowest BCUT2D eigenvalue weighted by molar-refractivity contribution is -0.122. The Kier molecular flexibility index (Phi) is 8.24. The maximum absolute atomic E-state index is 11.9. The van der Waals surface area contributed by atoms with E-state index in [4.69, 9.17) is 0 Å². The highest BCUT2D eigenvalue weighted by Gasteiger charge is 2.22. The first-order chi connectivity index (χ1) is 10.4. The van der Waals surface area contributed by atoms with Crippen LogP contribution >= 0.6 is 0 Å². The van der Waals surface area contributed by atoms with E-state index >= 15 is 0 Å². The summed E-state index contributed by atoms with van der Waals surface area (Å²) in [6.45, 7) is 12.0. The molecule has 1 rings (SSSR count). The second-order valence-electron chi connectivity index (χ2n) is 6.60. The molecule has 3 N–H and O–H groups in total. The number of hydrogen-bond donors (Lipinski definition) is 3. The summed E-state index contributed by atoms with van der Waals surface area (Å²) >= 11 is 0. The predicted molar refractivity (Wildman–Crippen MR) is 88.7 cm³/mol. The first-order valence-corrected chi connectivity index (χ1v) is 8.49. The van der Waals surface area contributed by atoms with Crippen molar-refractivity contribution in [1.29, 1.82) is 0 Å². The molecule has 1 atom stereocenters. The van der Waals surface area contributed by atoms with Crippen molar-refractivity contribution < 1.29 is 9.59 Å². The van der Waals surface area contributed by atoms with E-state index in [1.54, 1.807) is 6.92 Å². The molecule has 0 bridgehead atoms. The molecule has 0 aromatic heterocycles. The molecule has 22 heavy (non-hydrogen) atoms. The fourth-order valence-electron chi connectivity index (χ4n) is 2.67. The summed E-state index contributed by atoms with van der Waals surface area (Å²) in [5.74, 6) is 0.541. The Bertz CT molecular complexity index is 352. The minimum Gasteiger partial charge on any atom is -0.354 e. The molecule has 1 saturated heterocycles. The van der Waals surface area contributed by atoms with Gasteiger partial charge in [0.25, 0.3) is 0 Å². The number of nitrogens with zero attached hydrogens (tertiary/aromatic N) is 1. The molecule has 1 aliphatic rings. The molecule has 1 fully saturated rings. The van der Waals surface area contributed by atoms with Crippen LogP contribution in [0, 0.1) is 5.92 Å². The van der Waals surface area contributed by atoms with E-state index in [1.807, 2.05) is 6.92 Å². The van der Waals surface area contributed by atoms with Crippen LogP contribution in [0.5, 0.6) is 0 Å². The van der Waals surface area contributed by atoms with Gasteiger partial charge in [0, 0.05) is 32.2 Å². The molecular weight excluding hydrogens is 280 g/mol. The topological polar surface area (TPSA) is 73.5 Å². The van der Waals surface area contributed by atoms with E-state index in [0.29, 0.717) is 12.5 Å². The lowest BCUT2D eigenvalue weighted by Gasteiger charge is -2.33. The molecule has 3 amide bonds. The van der Waals surface area contributed by atoms with Gasteiger partial charge in [-0.1, -0.05) is 20.8 Å². The number of likely N-dealkylation sites (tertiary alicyclic amines) is 1.